The molecule has 21 heavy (non-hydrogen) atoms. The van der Waals surface area contributed by atoms with Gasteiger partial charge in [0.1, 0.15) is 6.04 Å². The van der Waals surface area contributed by atoms with Crippen molar-refractivity contribution in [3.8, 4) is 6.07 Å². The van der Waals surface area contributed by atoms with Gasteiger partial charge in [0.2, 0.25) is 0 Å². The van der Waals surface area contributed by atoms with Crippen LogP contribution in [0.4, 0.5) is 0 Å². The summed E-state index contributed by atoms with van der Waals surface area (Å²) in [5.74, 6) is -0.377. The Bertz CT molecular complexity index is 685. The second-order valence-electron chi connectivity index (χ2n) is 4.32. The second kappa shape index (κ2) is 6.61. The van der Waals surface area contributed by atoms with E-state index in [0.717, 1.165) is 0 Å². The van der Waals surface area contributed by atoms with Crippen molar-refractivity contribution in [2.45, 2.75) is 19.5 Å². The molecule has 1 atom stereocenters. The Hall–Kier alpha value is -2.03. The van der Waals surface area contributed by atoms with E-state index in [1.807, 2.05) is 13.0 Å². The van der Waals surface area contributed by atoms with Gasteiger partial charge < -0.3 is 5.32 Å². The quantitative estimate of drug-likeness (QED) is 0.939. The van der Waals surface area contributed by atoms with Crippen LogP contribution in [0.1, 0.15) is 28.9 Å². The SMILES string of the molecule is CCn1cc(C(=O)N[C@@H](C#N)c2cc(Cl)cc(Cl)c2)cn1. The van der Waals surface area contributed by atoms with Crippen LogP contribution in [0.3, 0.4) is 0 Å². The molecule has 2 rings (SSSR count). The third-order valence-electron chi connectivity index (χ3n) is 2.84. The summed E-state index contributed by atoms with van der Waals surface area (Å²) in [6.07, 6.45) is 3.08. The van der Waals surface area contributed by atoms with Gasteiger partial charge in [-0.3, -0.25) is 9.48 Å². The molecule has 1 aromatic carbocycles. The highest BCUT2D eigenvalue weighted by Crippen LogP contribution is 2.23. The maximum Gasteiger partial charge on any atom is 0.255 e. The first-order valence-electron chi connectivity index (χ1n) is 6.22. The maximum absolute atomic E-state index is 12.1. The molecule has 2 aromatic rings. The van der Waals surface area contributed by atoms with Gasteiger partial charge in [0.25, 0.3) is 5.91 Å². The zero-order valence-corrected chi connectivity index (χ0v) is 12.7. The molecular formula is C14H12Cl2N4O. The topological polar surface area (TPSA) is 70.7 Å². The summed E-state index contributed by atoms with van der Waals surface area (Å²) < 4.78 is 1.63. The fourth-order valence-corrected chi connectivity index (χ4v) is 2.34. The molecule has 1 N–H and O–H groups in total. The van der Waals surface area contributed by atoms with Gasteiger partial charge in [0.05, 0.1) is 17.8 Å². The fraction of sp³-hybridized carbons (Fsp3) is 0.214. The minimum Gasteiger partial charge on any atom is -0.332 e. The smallest absolute Gasteiger partial charge is 0.255 e. The molecular weight excluding hydrogens is 311 g/mol. The Balaban J connectivity index is 2.19. The van der Waals surface area contributed by atoms with Gasteiger partial charge in [-0.15, -0.1) is 0 Å². The largest absolute Gasteiger partial charge is 0.332 e. The van der Waals surface area contributed by atoms with Gasteiger partial charge >= 0.3 is 0 Å². The fourth-order valence-electron chi connectivity index (χ4n) is 1.80. The molecule has 0 radical (unpaired) electrons. The maximum atomic E-state index is 12.1. The summed E-state index contributed by atoms with van der Waals surface area (Å²) >= 11 is 11.8. The lowest BCUT2D eigenvalue weighted by Gasteiger charge is -2.12. The summed E-state index contributed by atoms with van der Waals surface area (Å²) in [5, 5.41) is 16.7. The molecule has 0 bridgehead atoms. The number of rotatable bonds is 4. The number of benzene rings is 1. The third kappa shape index (κ3) is 3.75. The third-order valence-corrected chi connectivity index (χ3v) is 3.28. The number of carbonyl (C=O) groups is 1. The van der Waals surface area contributed by atoms with Gasteiger partial charge in [0, 0.05) is 22.8 Å². The Morgan fingerprint density at radius 1 is 1.43 bits per heavy atom. The Labute approximate surface area is 132 Å². The molecule has 0 saturated heterocycles. The van der Waals surface area contributed by atoms with Crippen LogP contribution >= 0.6 is 23.2 Å². The minimum absolute atomic E-state index is 0.377. The standard InChI is InChI=1S/C14H12Cl2N4O/c1-2-20-8-10(7-18-20)14(21)19-13(6-17)9-3-11(15)5-12(16)4-9/h3-5,7-8,13H,2H2,1H3,(H,19,21)/t13-/m0/s1. The van der Waals surface area contributed by atoms with Crippen LogP contribution < -0.4 is 5.32 Å². The predicted molar refractivity (Wildman–Crippen MR) is 80.2 cm³/mol. The number of nitriles is 1. The molecule has 1 heterocycles. The van der Waals surface area contributed by atoms with E-state index in [9.17, 15) is 10.1 Å². The van der Waals surface area contributed by atoms with Crippen molar-refractivity contribution in [1.29, 1.82) is 5.26 Å². The number of carbonyl (C=O) groups excluding carboxylic acids is 1. The number of nitrogens with zero attached hydrogens (tertiary/aromatic N) is 3. The van der Waals surface area contributed by atoms with Crippen LogP contribution in [0.15, 0.2) is 30.6 Å². The molecule has 0 aliphatic carbocycles. The molecule has 0 spiro atoms. The average molecular weight is 323 g/mol. The molecule has 1 amide bonds. The lowest BCUT2D eigenvalue weighted by Crippen LogP contribution is -2.27. The predicted octanol–water partition coefficient (Wildman–Crippen LogP) is 3.20. The summed E-state index contributed by atoms with van der Waals surface area (Å²) in [6, 6.07) is 5.94. The van der Waals surface area contributed by atoms with Crippen molar-refractivity contribution in [3.63, 3.8) is 0 Å². The van der Waals surface area contributed by atoms with Crippen LogP contribution in [-0.2, 0) is 6.54 Å². The molecule has 7 heteroatoms. The van der Waals surface area contributed by atoms with E-state index in [2.05, 4.69) is 10.4 Å². The van der Waals surface area contributed by atoms with Gasteiger partial charge in [-0.1, -0.05) is 23.2 Å². The van der Waals surface area contributed by atoms with Crippen molar-refractivity contribution in [2.24, 2.45) is 0 Å². The second-order valence-corrected chi connectivity index (χ2v) is 5.20. The molecule has 0 unspecified atom stereocenters. The molecule has 5 nitrogen and oxygen atoms in total. The summed E-state index contributed by atoms with van der Waals surface area (Å²) in [7, 11) is 0. The van der Waals surface area contributed by atoms with E-state index >= 15 is 0 Å². The van der Waals surface area contributed by atoms with E-state index in [1.54, 1.807) is 29.1 Å². The molecule has 0 fully saturated rings. The minimum atomic E-state index is -0.835. The van der Waals surface area contributed by atoms with Crippen LogP contribution in [-0.4, -0.2) is 15.7 Å². The van der Waals surface area contributed by atoms with E-state index < -0.39 is 6.04 Å². The first-order valence-corrected chi connectivity index (χ1v) is 6.98. The van der Waals surface area contributed by atoms with E-state index in [1.165, 1.54) is 6.20 Å². The highest BCUT2D eigenvalue weighted by atomic mass is 35.5. The van der Waals surface area contributed by atoms with E-state index in [-0.39, 0.29) is 5.91 Å². The summed E-state index contributed by atoms with van der Waals surface area (Å²) in [4.78, 5) is 12.1. The zero-order valence-electron chi connectivity index (χ0n) is 11.2. The normalized spacial score (nSPS) is 11.7. The first kappa shape index (κ1) is 15.4. The van der Waals surface area contributed by atoms with E-state index in [0.29, 0.717) is 27.7 Å². The van der Waals surface area contributed by atoms with Crippen molar-refractivity contribution in [3.05, 3.63) is 51.8 Å². The summed E-state index contributed by atoms with van der Waals surface area (Å²) in [6.45, 7) is 2.58. The van der Waals surface area contributed by atoms with Gasteiger partial charge in [-0.05, 0) is 30.7 Å². The molecule has 0 aliphatic heterocycles. The zero-order chi connectivity index (χ0) is 15.4. The first-order chi connectivity index (χ1) is 10.0. The summed E-state index contributed by atoms with van der Waals surface area (Å²) in [5.41, 5.74) is 0.927. The average Bonchev–Trinajstić information content (AvgIpc) is 2.92. The number of amides is 1. The number of hydrogen-bond acceptors (Lipinski definition) is 3. The van der Waals surface area contributed by atoms with Gasteiger partial charge in [-0.2, -0.15) is 10.4 Å². The Morgan fingerprint density at radius 2 is 2.10 bits per heavy atom. The highest BCUT2D eigenvalue weighted by molar-refractivity contribution is 6.34. The molecule has 108 valence electrons. The van der Waals surface area contributed by atoms with Crippen molar-refractivity contribution < 1.29 is 4.79 Å². The van der Waals surface area contributed by atoms with E-state index in [4.69, 9.17) is 23.2 Å². The Morgan fingerprint density at radius 3 is 2.62 bits per heavy atom. The van der Waals surface area contributed by atoms with Crippen LogP contribution in [0.2, 0.25) is 10.0 Å². The Kier molecular flexibility index (Phi) is 4.84. The van der Waals surface area contributed by atoms with Crippen molar-refractivity contribution in [1.82, 2.24) is 15.1 Å². The number of aromatic nitrogens is 2. The monoisotopic (exact) mass is 322 g/mol. The highest BCUT2D eigenvalue weighted by Gasteiger charge is 2.17. The number of aryl methyl sites for hydroxylation is 1. The molecule has 1 aromatic heterocycles. The van der Waals surface area contributed by atoms with Gasteiger partial charge in [0.15, 0.2) is 0 Å². The lowest BCUT2D eigenvalue weighted by atomic mass is 10.1. The van der Waals surface area contributed by atoms with Crippen LogP contribution in [0.25, 0.3) is 0 Å². The number of halogens is 2. The van der Waals surface area contributed by atoms with Crippen molar-refractivity contribution in [2.75, 3.05) is 0 Å². The van der Waals surface area contributed by atoms with Gasteiger partial charge in [-0.25, -0.2) is 0 Å². The lowest BCUT2D eigenvalue weighted by molar-refractivity contribution is 0.0945. The molecule has 0 aliphatic rings. The van der Waals surface area contributed by atoms with Crippen LogP contribution in [0, 0.1) is 11.3 Å². The number of hydrogen-bond donors (Lipinski definition) is 1. The van der Waals surface area contributed by atoms with Crippen LogP contribution in [0.5, 0.6) is 0 Å². The number of nitrogens with one attached hydrogen (secondary N) is 1. The molecule has 0 saturated carbocycles. The van der Waals surface area contributed by atoms with Crippen molar-refractivity contribution >= 4 is 29.1 Å².